The molecular weight excluding hydrogens is 600 g/mol. The highest BCUT2D eigenvalue weighted by molar-refractivity contribution is 6.34. The number of anilines is 1. The number of nitrogens with one attached hydrogen (secondary N) is 1. The number of rotatable bonds is 9. The lowest BCUT2D eigenvalue weighted by Crippen LogP contribution is -2.56. The van der Waals surface area contributed by atoms with Crippen LogP contribution in [0.4, 0.5) is 14.5 Å². The summed E-state index contributed by atoms with van der Waals surface area (Å²) < 4.78 is 35.1. The Morgan fingerprint density at radius 2 is 1.68 bits per heavy atom. The van der Waals surface area contributed by atoms with Crippen molar-refractivity contribution < 1.29 is 37.2 Å². The molecule has 234 valence electrons. The summed E-state index contributed by atoms with van der Waals surface area (Å²) in [4.78, 5) is 57.5. The van der Waals surface area contributed by atoms with Crippen LogP contribution in [0, 0.1) is 11.6 Å². The van der Waals surface area contributed by atoms with Gasteiger partial charge in [0.05, 0.1) is 43.7 Å². The van der Waals surface area contributed by atoms with Crippen molar-refractivity contribution in [2.75, 3.05) is 65.8 Å². The molecular formula is C29H33ClF2N7O5+. The molecule has 12 nitrogen and oxygen atoms in total. The molecule has 0 bridgehead atoms. The largest absolute Gasteiger partial charge is 0.494 e. The van der Waals surface area contributed by atoms with Gasteiger partial charge in [0.15, 0.2) is 30.5 Å². The fourth-order valence-electron chi connectivity index (χ4n) is 4.98. The SMILES string of the molecule is COc1ccc(-c2cnc(C(=O)Nc3ccc(C(=O)N4CCN(C(=O)C[N+](C)(C)CC(N)=O)CC4)c(Cl)c3)n2C)c(F)c1F. The van der Waals surface area contributed by atoms with Gasteiger partial charge in [-0.15, -0.1) is 0 Å². The molecule has 2 aromatic carbocycles. The molecule has 3 aromatic rings. The Balaban J connectivity index is 1.39. The van der Waals surface area contributed by atoms with Gasteiger partial charge in [-0.25, -0.2) is 9.37 Å². The van der Waals surface area contributed by atoms with Crippen LogP contribution in [0.5, 0.6) is 5.75 Å². The number of methoxy groups -OCH3 is 1. The molecule has 0 spiro atoms. The molecule has 1 aliphatic rings. The van der Waals surface area contributed by atoms with E-state index in [9.17, 15) is 28.0 Å². The normalized spacial score (nSPS) is 13.5. The number of imidazole rings is 1. The summed E-state index contributed by atoms with van der Waals surface area (Å²) in [6.07, 6.45) is 1.25. The summed E-state index contributed by atoms with van der Waals surface area (Å²) in [5.41, 5.74) is 5.85. The van der Waals surface area contributed by atoms with Gasteiger partial charge in [0.2, 0.25) is 5.82 Å². The first-order valence-corrected chi connectivity index (χ1v) is 13.9. The number of hydrogen-bond acceptors (Lipinski definition) is 6. The van der Waals surface area contributed by atoms with Crippen molar-refractivity contribution in [2.24, 2.45) is 12.8 Å². The highest BCUT2D eigenvalue weighted by Crippen LogP contribution is 2.30. The number of amides is 4. The van der Waals surface area contributed by atoms with Crippen LogP contribution in [0.1, 0.15) is 21.0 Å². The number of aromatic nitrogens is 2. The van der Waals surface area contributed by atoms with E-state index >= 15 is 0 Å². The van der Waals surface area contributed by atoms with Crippen LogP contribution in [-0.2, 0) is 16.6 Å². The number of carbonyl (C=O) groups is 4. The van der Waals surface area contributed by atoms with Gasteiger partial charge in [0.25, 0.3) is 23.6 Å². The number of nitrogens with zero attached hydrogens (tertiary/aromatic N) is 5. The van der Waals surface area contributed by atoms with Crippen molar-refractivity contribution in [2.45, 2.75) is 0 Å². The number of carbonyl (C=O) groups excluding carboxylic acids is 4. The fraction of sp³-hybridized carbons (Fsp3) is 0.345. The third-order valence-electron chi connectivity index (χ3n) is 7.26. The van der Waals surface area contributed by atoms with Gasteiger partial charge in [-0.3, -0.25) is 19.2 Å². The summed E-state index contributed by atoms with van der Waals surface area (Å²) in [6.45, 7) is 1.38. The number of piperazine rings is 1. The van der Waals surface area contributed by atoms with Crippen molar-refractivity contribution in [3.05, 3.63) is 64.6 Å². The summed E-state index contributed by atoms with van der Waals surface area (Å²) in [7, 11) is 6.20. The highest BCUT2D eigenvalue weighted by atomic mass is 35.5. The number of quaternary nitrogens is 1. The van der Waals surface area contributed by atoms with Crippen molar-refractivity contribution in [1.29, 1.82) is 0 Å². The van der Waals surface area contributed by atoms with E-state index in [2.05, 4.69) is 10.3 Å². The minimum atomic E-state index is -1.16. The molecule has 1 saturated heterocycles. The van der Waals surface area contributed by atoms with Gasteiger partial charge in [-0.1, -0.05) is 11.6 Å². The van der Waals surface area contributed by atoms with E-state index in [0.29, 0.717) is 26.2 Å². The average molecular weight is 633 g/mol. The second kappa shape index (κ2) is 13.0. The maximum absolute atomic E-state index is 14.6. The summed E-state index contributed by atoms with van der Waals surface area (Å²) in [5, 5.41) is 2.75. The standard InChI is InChI=1S/C29H32ClF2N7O5/c1-36-21(19-7-8-22(44-4)26(32)25(19)31)14-34-27(36)28(42)35-17-5-6-18(20(30)13-17)29(43)38-11-9-37(10-12-38)24(41)16-39(2,3)15-23(33)40/h5-8,13-14H,9-12,15-16H2,1-4H3,(H2-,33,35,40,42,43)/p+1. The van der Waals surface area contributed by atoms with Crippen LogP contribution < -0.4 is 15.8 Å². The van der Waals surface area contributed by atoms with Crippen LogP contribution in [0.2, 0.25) is 5.02 Å². The molecule has 4 rings (SSSR count). The van der Waals surface area contributed by atoms with Crippen LogP contribution in [0.15, 0.2) is 36.5 Å². The molecule has 44 heavy (non-hydrogen) atoms. The zero-order valence-corrected chi connectivity index (χ0v) is 25.5. The third-order valence-corrected chi connectivity index (χ3v) is 7.57. The Hall–Kier alpha value is -4.56. The van der Waals surface area contributed by atoms with E-state index in [0.717, 1.165) is 0 Å². The molecule has 1 fully saturated rings. The number of hydrogen-bond donors (Lipinski definition) is 2. The maximum atomic E-state index is 14.6. The van der Waals surface area contributed by atoms with Gasteiger partial charge in [-0.2, -0.15) is 4.39 Å². The first-order chi connectivity index (χ1) is 20.7. The van der Waals surface area contributed by atoms with Gasteiger partial charge in [0, 0.05) is 44.5 Å². The molecule has 0 radical (unpaired) electrons. The fourth-order valence-corrected chi connectivity index (χ4v) is 5.25. The van der Waals surface area contributed by atoms with Gasteiger partial charge < -0.3 is 34.6 Å². The number of primary amides is 1. The zero-order valence-electron chi connectivity index (χ0n) is 24.7. The Morgan fingerprint density at radius 3 is 2.30 bits per heavy atom. The Kier molecular flexibility index (Phi) is 9.54. The molecule has 4 amide bonds. The molecule has 3 N–H and O–H groups in total. The van der Waals surface area contributed by atoms with Crippen LogP contribution in [0.3, 0.4) is 0 Å². The summed E-state index contributed by atoms with van der Waals surface area (Å²) >= 11 is 6.43. The van der Waals surface area contributed by atoms with Crippen molar-refractivity contribution in [1.82, 2.24) is 19.4 Å². The van der Waals surface area contributed by atoms with Crippen LogP contribution in [-0.4, -0.2) is 108 Å². The quantitative estimate of drug-likeness (QED) is 0.347. The van der Waals surface area contributed by atoms with Crippen LogP contribution >= 0.6 is 11.6 Å². The summed E-state index contributed by atoms with van der Waals surface area (Å²) in [5.74, 6) is -4.21. The zero-order chi connectivity index (χ0) is 32.3. The molecule has 15 heteroatoms. The minimum Gasteiger partial charge on any atom is -0.494 e. The highest BCUT2D eigenvalue weighted by Gasteiger charge is 2.30. The Bertz CT molecular complexity index is 1620. The monoisotopic (exact) mass is 632 g/mol. The minimum absolute atomic E-state index is 0.0345. The lowest BCUT2D eigenvalue weighted by molar-refractivity contribution is -0.874. The topological polar surface area (TPSA) is 140 Å². The average Bonchev–Trinajstić information content (AvgIpc) is 3.34. The van der Waals surface area contributed by atoms with Gasteiger partial charge in [-0.05, 0) is 30.3 Å². The number of ether oxygens (including phenoxy) is 1. The molecule has 1 aliphatic heterocycles. The first kappa shape index (κ1) is 32.4. The number of nitrogens with two attached hydrogens (primary N) is 1. The van der Waals surface area contributed by atoms with Crippen molar-refractivity contribution in [3.63, 3.8) is 0 Å². The Morgan fingerprint density at radius 1 is 1.02 bits per heavy atom. The number of likely N-dealkylation sites (N-methyl/N-ethyl adjacent to an activating group) is 1. The number of benzene rings is 2. The predicted molar refractivity (Wildman–Crippen MR) is 158 cm³/mol. The second-order valence-corrected chi connectivity index (χ2v) is 11.4. The predicted octanol–water partition coefficient (Wildman–Crippen LogP) is 2.13. The van der Waals surface area contributed by atoms with Gasteiger partial charge in [0.1, 0.15) is 0 Å². The maximum Gasteiger partial charge on any atom is 0.291 e. The van der Waals surface area contributed by atoms with Crippen molar-refractivity contribution >= 4 is 40.9 Å². The van der Waals surface area contributed by atoms with E-state index in [-0.39, 0.29) is 68.5 Å². The number of halogens is 3. The summed E-state index contributed by atoms with van der Waals surface area (Å²) in [6, 6.07) is 7.03. The van der Waals surface area contributed by atoms with Crippen LogP contribution in [0.25, 0.3) is 11.3 Å². The lowest BCUT2D eigenvalue weighted by atomic mass is 10.1. The molecule has 1 aromatic heterocycles. The van der Waals surface area contributed by atoms with E-state index in [1.165, 1.54) is 55.3 Å². The molecule has 0 saturated carbocycles. The molecule has 0 aliphatic carbocycles. The molecule has 0 unspecified atom stereocenters. The first-order valence-electron chi connectivity index (χ1n) is 13.5. The van der Waals surface area contributed by atoms with E-state index in [1.807, 2.05) is 0 Å². The smallest absolute Gasteiger partial charge is 0.291 e. The van der Waals surface area contributed by atoms with E-state index < -0.39 is 23.4 Å². The lowest BCUT2D eigenvalue weighted by Gasteiger charge is -2.36. The second-order valence-electron chi connectivity index (χ2n) is 11.0. The Labute approximate surface area is 257 Å². The van der Waals surface area contributed by atoms with Crippen molar-refractivity contribution in [3.8, 4) is 17.0 Å². The van der Waals surface area contributed by atoms with E-state index in [1.54, 1.807) is 23.9 Å². The molecule has 0 atom stereocenters. The van der Waals surface area contributed by atoms with E-state index in [4.69, 9.17) is 22.1 Å². The van der Waals surface area contributed by atoms with Gasteiger partial charge >= 0.3 is 0 Å². The third kappa shape index (κ3) is 6.97. The molecule has 2 heterocycles.